The zero-order valence-corrected chi connectivity index (χ0v) is 16.8. The number of halogens is 3. The van der Waals surface area contributed by atoms with Gasteiger partial charge >= 0.3 is 6.18 Å². The van der Waals surface area contributed by atoms with Crippen molar-refractivity contribution in [3.05, 3.63) is 75.4 Å². The normalized spacial score (nSPS) is 11.7. The summed E-state index contributed by atoms with van der Waals surface area (Å²) in [5.74, 6) is 0.545. The molecule has 0 fully saturated rings. The number of hydrogen-bond donors (Lipinski definition) is 1. The summed E-state index contributed by atoms with van der Waals surface area (Å²) in [4.78, 5) is 13.2. The van der Waals surface area contributed by atoms with Crippen LogP contribution in [0.2, 0.25) is 0 Å². The summed E-state index contributed by atoms with van der Waals surface area (Å²) in [5, 5.41) is 5.65. The smallest absolute Gasteiger partial charge is 0.416 e. The number of nitrogens with one attached hydrogen (secondary N) is 1. The number of thiophene rings is 1. The zero-order valence-electron chi connectivity index (χ0n) is 16.0. The Hall–Kier alpha value is -3.07. The molecule has 1 amide bonds. The van der Waals surface area contributed by atoms with Crippen LogP contribution >= 0.6 is 11.3 Å². The Kier molecular flexibility index (Phi) is 6.94. The van der Waals surface area contributed by atoms with Crippen molar-refractivity contribution >= 4 is 23.5 Å². The van der Waals surface area contributed by atoms with Crippen molar-refractivity contribution in [2.75, 3.05) is 0 Å². The third-order valence-corrected chi connectivity index (χ3v) is 4.99. The number of nitrogens with zero attached hydrogens (tertiary/aromatic N) is 1. The Morgan fingerprint density at radius 2 is 2.10 bits per heavy atom. The summed E-state index contributed by atoms with van der Waals surface area (Å²) < 4.78 is 49.0. The molecule has 3 aromatic rings. The highest BCUT2D eigenvalue weighted by molar-refractivity contribution is 7.10. The highest BCUT2D eigenvalue weighted by Crippen LogP contribution is 2.31. The Bertz CT molecular complexity index is 1020. The molecule has 30 heavy (non-hydrogen) atoms. The molecule has 9 heteroatoms. The molecule has 0 aliphatic heterocycles. The first-order chi connectivity index (χ1) is 14.3. The number of carbonyl (C=O) groups excluding carboxylic acids is 1. The lowest BCUT2D eigenvalue weighted by atomic mass is 10.2. The van der Waals surface area contributed by atoms with Crippen LogP contribution in [0.15, 0.2) is 57.4 Å². The number of hydrazone groups is 1. The van der Waals surface area contributed by atoms with Crippen LogP contribution in [-0.2, 0) is 19.2 Å². The molecule has 0 saturated carbocycles. The van der Waals surface area contributed by atoms with Crippen LogP contribution in [0.25, 0.3) is 0 Å². The minimum atomic E-state index is -4.43. The van der Waals surface area contributed by atoms with Crippen molar-refractivity contribution in [2.45, 2.75) is 32.5 Å². The van der Waals surface area contributed by atoms with Gasteiger partial charge in [-0.25, -0.2) is 5.43 Å². The molecule has 0 aliphatic rings. The van der Waals surface area contributed by atoms with Crippen molar-refractivity contribution in [1.82, 2.24) is 5.43 Å². The summed E-state index contributed by atoms with van der Waals surface area (Å²) in [5.41, 5.74) is 2.20. The van der Waals surface area contributed by atoms with E-state index in [0.717, 1.165) is 29.9 Å². The third kappa shape index (κ3) is 5.96. The number of hydrogen-bond acceptors (Lipinski definition) is 5. The molecule has 3 rings (SSSR count). The summed E-state index contributed by atoms with van der Waals surface area (Å²) in [6.45, 7) is 2.03. The van der Waals surface area contributed by atoms with Crippen molar-refractivity contribution in [3.63, 3.8) is 0 Å². The summed E-state index contributed by atoms with van der Waals surface area (Å²) in [6.07, 6.45) is -1.15. The lowest BCUT2D eigenvalue weighted by molar-refractivity contribution is -0.137. The van der Waals surface area contributed by atoms with Gasteiger partial charge in [0.05, 0.1) is 17.3 Å². The number of benzene rings is 1. The van der Waals surface area contributed by atoms with Gasteiger partial charge < -0.3 is 9.15 Å². The molecule has 1 N–H and O–H groups in total. The van der Waals surface area contributed by atoms with Gasteiger partial charge in [0.1, 0.15) is 23.9 Å². The number of aryl methyl sites for hydroxylation is 1. The molecular formula is C21H19F3N2O3S. The second kappa shape index (κ2) is 9.62. The predicted molar refractivity (Wildman–Crippen MR) is 108 cm³/mol. The largest absolute Gasteiger partial charge is 0.486 e. The van der Waals surface area contributed by atoms with Crippen LogP contribution in [0.3, 0.4) is 0 Å². The lowest BCUT2D eigenvalue weighted by Gasteiger charge is -2.09. The third-order valence-electron chi connectivity index (χ3n) is 4.00. The first kappa shape index (κ1) is 21.6. The maximum absolute atomic E-state index is 12.7. The van der Waals surface area contributed by atoms with E-state index >= 15 is 0 Å². The molecule has 2 heterocycles. The van der Waals surface area contributed by atoms with Crippen molar-refractivity contribution in [2.24, 2.45) is 5.10 Å². The molecule has 2 aromatic heterocycles. The second-order valence-electron chi connectivity index (χ2n) is 6.37. The molecule has 0 atom stereocenters. The van der Waals surface area contributed by atoms with Crippen molar-refractivity contribution < 1.29 is 27.1 Å². The maximum atomic E-state index is 12.7. The molecule has 158 valence electrons. The fourth-order valence-electron chi connectivity index (χ4n) is 2.55. The molecule has 0 spiro atoms. The Labute approximate surface area is 175 Å². The minimum Gasteiger partial charge on any atom is -0.486 e. The van der Waals surface area contributed by atoms with Gasteiger partial charge in [-0.3, -0.25) is 4.79 Å². The van der Waals surface area contributed by atoms with Gasteiger partial charge in [-0.1, -0.05) is 19.4 Å². The summed E-state index contributed by atoms with van der Waals surface area (Å²) in [6, 6.07) is 9.69. The van der Waals surface area contributed by atoms with E-state index in [1.807, 2.05) is 6.07 Å². The number of ether oxygens (including phenoxy) is 1. The van der Waals surface area contributed by atoms with Crippen molar-refractivity contribution in [1.29, 1.82) is 0 Å². The quantitative estimate of drug-likeness (QED) is 0.366. The van der Waals surface area contributed by atoms with E-state index in [1.54, 1.807) is 17.5 Å². The van der Waals surface area contributed by atoms with Gasteiger partial charge in [-0.15, -0.1) is 11.3 Å². The number of amides is 1. The molecule has 0 aliphatic carbocycles. The van der Waals surface area contributed by atoms with E-state index in [2.05, 4.69) is 17.5 Å². The number of furan rings is 1. The highest BCUT2D eigenvalue weighted by atomic mass is 32.1. The molecule has 5 nitrogen and oxygen atoms in total. The number of alkyl halides is 3. The van der Waals surface area contributed by atoms with E-state index in [1.165, 1.54) is 29.7 Å². The average Bonchev–Trinajstić information content (AvgIpc) is 3.36. The van der Waals surface area contributed by atoms with Gasteiger partial charge in [0.15, 0.2) is 0 Å². The monoisotopic (exact) mass is 436 g/mol. The standard InChI is InChI=1S/C21H19F3N2O3S/c1-2-4-19-9-14(13-30-19)20(27)26-25-11-17-7-8-18(29-17)12-28-16-6-3-5-15(10-16)21(22,23)24/h3,5-11,13H,2,4,12H2,1H3,(H,26,27)/b25-11+. The lowest BCUT2D eigenvalue weighted by Crippen LogP contribution is -2.16. The van der Waals surface area contributed by atoms with Crippen LogP contribution in [0.5, 0.6) is 5.75 Å². The minimum absolute atomic E-state index is 0.0450. The van der Waals surface area contributed by atoms with E-state index < -0.39 is 11.7 Å². The van der Waals surface area contributed by atoms with E-state index in [-0.39, 0.29) is 18.3 Å². The van der Waals surface area contributed by atoms with E-state index in [4.69, 9.17) is 9.15 Å². The van der Waals surface area contributed by atoms with Gasteiger partial charge in [-0.05, 0) is 42.8 Å². The topological polar surface area (TPSA) is 63.8 Å². The Morgan fingerprint density at radius 3 is 2.87 bits per heavy atom. The highest BCUT2D eigenvalue weighted by Gasteiger charge is 2.30. The molecular weight excluding hydrogens is 417 g/mol. The second-order valence-corrected chi connectivity index (χ2v) is 7.36. The van der Waals surface area contributed by atoms with Crippen molar-refractivity contribution in [3.8, 4) is 5.75 Å². The average molecular weight is 436 g/mol. The Morgan fingerprint density at radius 1 is 1.27 bits per heavy atom. The van der Waals surface area contributed by atoms with Crippen LogP contribution in [0.1, 0.15) is 45.7 Å². The van der Waals surface area contributed by atoms with Crippen LogP contribution in [-0.4, -0.2) is 12.1 Å². The predicted octanol–water partition coefficient (Wildman–Crippen LogP) is 5.66. The molecule has 0 saturated heterocycles. The fourth-order valence-corrected chi connectivity index (χ4v) is 3.52. The van der Waals surface area contributed by atoms with Gasteiger partial charge in [0, 0.05) is 10.3 Å². The van der Waals surface area contributed by atoms with Gasteiger partial charge in [-0.2, -0.15) is 18.3 Å². The molecule has 0 unspecified atom stereocenters. The number of rotatable bonds is 8. The summed E-state index contributed by atoms with van der Waals surface area (Å²) >= 11 is 1.53. The molecule has 0 radical (unpaired) electrons. The maximum Gasteiger partial charge on any atom is 0.416 e. The first-order valence-corrected chi connectivity index (χ1v) is 10.0. The first-order valence-electron chi connectivity index (χ1n) is 9.14. The molecule has 0 bridgehead atoms. The molecule has 1 aromatic carbocycles. The van der Waals surface area contributed by atoms with Gasteiger partial charge in [0.25, 0.3) is 5.91 Å². The van der Waals surface area contributed by atoms with E-state index in [9.17, 15) is 18.0 Å². The van der Waals surface area contributed by atoms with Crippen LogP contribution in [0.4, 0.5) is 13.2 Å². The van der Waals surface area contributed by atoms with Crippen LogP contribution < -0.4 is 10.2 Å². The Balaban J connectivity index is 1.51. The fraction of sp³-hybridized carbons (Fsp3) is 0.238. The number of carbonyl (C=O) groups is 1. The van der Waals surface area contributed by atoms with Gasteiger partial charge in [0.2, 0.25) is 0 Å². The van der Waals surface area contributed by atoms with Crippen LogP contribution in [0, 0.1) is 0 Å². The van der Waals surface area contributed by atoms with E-state index in [0.29, 0.717) is 17.1 Å². The zero-order chi connectivity index (χ0) is 21.6. The summed E-state index contributed by atoms with van der Waals surface area (Å²) in [7, 11) is 0. The SMILES string of the molecule is CCCc1cc(C(=O)N/N=C/c2ccc(COc3cccc(C(F)(F)F)c3)o2)cs1.